The van der Waals surface area contributed by atoms with Crippen LogP contribution in [0.3, 0.4) is 0 Å². The molecule has 5 aliphatic rings. The van der Waals surface area contributed by atoms with E-state index >= 15 is 0 Å². The van der Waals surface area contributed by atoms with Gasteiger partial charge in [-0.05, 0) is 36.4 Å². The van der Waals surface area contributed by atoms with Crippen molar-refractivity contribution in [2.45, 2.75) is 31.6 Å². The van der Waals surface area contributed by atoms with E-state index in [2.05, 4.69) is 0 Å². The maximum absolute atomic E-state index is 6.85. The van der Waals surface area contributed by atoms with E-state index in [1.54, 1.807) is 0 Å². The Balaban J connectivity index is 0.914. The van der Waals surface area contributed by atoms with Crippen molar-refractivity contribution in [3.05, 3.63) is 167 Å². The Morgan fingerprint density at radius 2 is 0.561 bits per heavy atom. The Labute approximate surface area is 383 Å². The first-order chi connectivity index (χ1) is 32.7. The summed E-state index contributed by atoms with van der Waals surface area (Å²) >= 11 is 0. The van der Waals surface area contributed by atoms with E-state index in [1.165, 1.54) is 0 Å². The van der Waals surface area contributed by atoms with Crippen molar-refractivity contribution in [1.29, 1.82) is 0 Å². The minimum atomic E-state index is -2.24. The first-order valence-electron chi connectivity index (χ1n) is 21.6. The number of benzene rings is 6. The summed E-state index contributed by atoms with van der Waals surface area (Å²) < 4.78 is 94.0. The third-order valence-corrected chi connectivity index (χ3v) is 13.0. The Morgan fingerprint density at radius 1 is 0.303 bits per heavy atom. The van der Waals surface area contributed by atoms with Crippen molar-refractivity contribution in [3.63, 3.8) is 0 Å². The van der Waals surface area contributed by atoms with Crippen LogP contribution in [0.15, 0.2) is 133 Å². The lowest BCUT2D eigenvalue weighted by Crippen LogP contribution is -2.11. The van der Waals surface area contributed by atoms with Gasteiger partial charge >= 0.3 is 17.2 Å². The molecular formula is C49H44O15P2. The van der Waals surface area contributed by atoms with Gasteiger partial charge in [-0.25, -0.2) is 0 Å². The molecule has 0 bridgehead atoms. The lowest BCUT2D eigenvalue weighted by atomic mass is 10.00. The normalized spacial score (nSPS) is 17.7. The Hall–Kier alpha value is -5.54. The molecule has 4 fully saturated rings. The van der Waals surface area contributed by atoms with Crippen molar-refractivity contribution < 1.29 is 69.8 Å². The molecule has 5 heterocycles. The SMILES string of the molecule is c1ccc(C2OCCO2)c(OP(Oc2ccccc2C2OCCO2)Oc2cccc3c2Oc2c(cccc2OP(Oc2ccccc2C2OCCO2)Oc2ccccc2C2OCCO2)C3)c1. The lowest BCUT2D eigenvalue weighted by Gasteiger charge is -2.27. The third-order valence-electron chi connectivity index (χ3n) is 10.9. The average Bonchev–Trinajstić information content (AvgIpc) is 4.22. The van der Waals surface area contributed by atoms with E-state index in [1.807, 2.05) is 133 Å². The van der Waals surface area contributed by atoms with Crippen molar-refractivity contribution in [2.24, 2.45) is 0 Å². The van der Waals surface area contributed by atoms with Crippen molar-refractivity contribution in [2.75, 3.05) is 52.9 Å². The van der Waals surface area contributed by atoms with E-state index in [-0.39, 0.29) is 0 Å². The van der Waals surface area contributed by atoms with Gasteiger partial charge < -0.3 is 69.8 Å². The van der Waals surface area contributed by atoms with E-state index < -0.39 is 42.4 Å². The molecule has 0 atom stereocenters. The average molecular weight is 935 g/mol. The molecule has 0 radical (unpaired) electrons. The Kier molecular flexibility index (Phi) is 13.1. The standard InChI is InChI=1S/C49H44O15P2/c1-5-17-38(34(13-1)46-50-23-24-51-46)59-65(60-39-18-6-2-14-35(39)47-52-25-26-53-47)63-42-21-9-11-32-31-33-12-10-22-43(45(33)58-44(32)42)64-66(61-40-19-7-3-15-36(40)48-54-27-28-55-48)62-41-20-8-4-16-37(41)49-56-29-30-57-49/h1-22,46-49H,23-31H2. The monoisotopic (exact) mass is 934 g/mol. The van der Waals surface area contributed by atoms with E-state index in [0.717, 1.165) is 11.1 Å². The quantitative estimate of drug-likeness (QED) is 0.0849. The molecule has 5 aliphatic heterocycles. The van der Waals surface area contributed by atoms with E-state index in [0.29, 0.717) is 128 Å². The van der Waals surface area contributed by atoms with Gasteiger partial charge in [-0.1, -0.05) is 97.1 Å². The summed E-state index contributed by atoms with van der Waals surface area (Å²) in [5, 5.41) is 0. The van der Waals surface area contributed by atoms with Gasteiger partial charge in [0.2, 0.25) is 0 Å². The van der Waals surface area contributed by atoms with Gasteiger partial charge in [-0.15, -0.1) is 0 Å². The highest BCUT2D eigenvalue weighted by Crippen LogP contribution is 2.55. The fraction of sp³-hybridized carbons (Fsp3) is 0.265. The summed E-state index contributed by atoms with van der Waals surface area (Å²) in [6.45, 7) is 3.71. The zero-order valence-corrected chi connectivity index (χ0v) is 37.2. The summed E-state index contributed by atoms with van der Waals surface area (Å²) in [6.07, 6.45) is -1.94. The number of hydrogen-bond acceptors (Lipinski definition) is 15. The minimum Gasteiger partial charge on any atom is -0.449 e. The number of ether oxygens (including phenoxy) is 9. The minimum absolute atomic E-state index is 0.376. The molecule has 0 saturated carbocycles. The van der Waals surface area contributed by atoms with Crippen molar-refractivity contribution in [1.82, 2.24) is 0 Å². The van der Waals surface area contributed by atoms with Crippen molar-refractivity contribution in [3.8, 4) is 46.0 Å². The number of para-hydroxylation sites is 6. The van der Waals surface area contributed by atoms with E-state index in [9.17, 15) is 0 Å². The van der Waals surface area contributed by atoms with Crippen LogP contribution in [0.4, 0.5) is 0 Å². The van der Waals surface area contributed by atoms with Gasteiger partial charge in [0.1, 0.15) is 23.0 Å². The molecular weight excluding hydrogens is 890 g/mol. The number of rotatable bonds is 16. The van der Waals surface area contributed by atoms with Gasteiger partial charge in [0, 0.05) is 17.5 Å². The molecule has 66 heavy (non-hydrogen) atoms. The lowest BCUT2D eigenvalue weighted by molar-refractivity contribution is -0.0456. The molecule has 340 valence electrons. The fourth-order valence-electron chi connectivity index (χ4n) is 7.86. The van der Waals surface area contributed by atoms with Crippen LogP contribution >= 0.6 is 17.2 Å². The van der Waals surface area contributed by atoms with Gasteiger partial charge in [-0.3, -0.25) is 0 Å². The predicted octanol–water partition coefficient (Wildman–Crippen LogP) is 11.1. The summed E-state index contributed by atoms with van der Waals surface area (Å²) in [7, 11) is -4.47. The zero-order chi connectivity index (χ0) is 44.1. The molecule has 11 rings (SSSR count). The molecule has 0 spiro atoms. The molecule has 0 amide bonds. The van der Waals surface area contributed by atoms with Crippen LogP contribution in [-0.4, -0.2) is 52.9 Å². The summed E-state index contributed by atoms with van der Waals surface area (Å²) in [5.41, 5.74) is 4.55. The highest BCUT2D eigenvalue weighted by atomic mass is 31.2. The fourth-order valence-corrected chi connectivity index (χ4v) is 10.0. The van der Waals surface area contributed by atoms with E-state index in [4.69, 9.17) is 69.8 Å². The molecule has 15 nitrogen and oxygen atoms in total. The molecule has 0 aliphatic carbocycles. The molecule has 0 N–H and O–H groups in total. The highest BCUT2D eigenvalue weighted by Gasteiger charge is 2.35. The molecule has 6 aromatic carbocycles. The molecule has 4 saturated heterocycles. The Morgan fingerprint density at radius 3 is 0.864 bits per heavy atom. The van der Waals surface area contributed by atoms with Gasteiger partial charge in [0.05, 0.1) is 75.1 Å². The summed E-state index contributed by atoms with van der Waals surface area (Å²) in [5.74, 6) is 3.57. The zero-order valence-electron chi connectivity index (χ0n) is 35.4. The van der Waals surface area contributed by atoms with Crippen LogP contribution in [0, 0.1) is 0 Å². The number of hydrogen-bond donors (Lipinski definition) is 0. The van der Waals surface area contributed by atoms with Crippen LogP contribution in [0.25, 0.3) is 0 Å². The maximum Gasteiger partial charge on any atom is 0.530 e. The smallest absolute Gasteiger partial charge is 0.449 e. The summed E-state index contributed by atoms with van der Waals surface area (Å²) in [6, 6.07) is 41.4. The van der Waals surface area contributed by atoms with Gasteiger partial charge in [0.15, 0.2) is 48.2 Å². The van der Waals surface area contributed by atoms with Crippen LogP contribution in [0.2, 0.25) is 0 Å². The maximum atomic E-state index is 6.85. The van der Waals surface area contributed by atoms with Crippen LogP contribution in [0.5, 0.6) is 46.0 Å². The summed E-state index contributed by atoms with van der Waals surface area (Å²) in [4.78, 5) is 0. The topological polar surface area (TPSA) is 138 Å². The Bertz CT molecular complexity index is 2310. The van der Waals surface area contributed by atoms with Crippen LogP contribution in [0.1, 0.15) is 58.5 Å². The first kappa shape index (κ1) is 43.1. The second kappa shape index (κ2) is 20.1. The van der Waals surface area contributed by atoms with Gasteiger partial charge in [-0.2, -0.15) is 0 Å². The largest absolute Gasteiger partial charge is 0.530 e. The highest BCUT2D eigenvalue weighted by molar-refractivity contribution is 7.43. The molecule has 17 heteroatoms. The predicted molar refractivity (Wildman–Crippen MR) is 238 cm³/mol. The molecule has 0 unspecified atom stereocenters. The second-order valence-electron chi connectivity index (χ2n) is 15.2. The number of fused-ring (bicyclic) bond motifs is 2. The first-order valence-corrected chi connectivity index (χ1v) is 23.8. The molecule has 6 aromatic rings. The third kappa shape index (κ3) is 9.51. The van der Waals surface area contributed by atoms with Gasteiger partial charge in [0.25, 0.3) is 0 Å². The molecule has 0 aromatic heterocycles. The van der Waals surface area contributed by atoms with Crippen molar-refractivity contribution >= 4 is 17.2 Å². The van der Waals surface area contributed by atoms with Crippen LogP contribution < -0.4 is 31.9 Å². The van der Waals surface area contributed by atoms with Crippen LogP contribution in [-0.2, 0) is 44.3 Å². The second-order valence-corrected chi connectivity index (χ2v) is 17.2.